The van der Waals surface area contributed by atoms with Crippen LogP contribution in [-0.4, -0.2) is 35.9 Å². The summed E-state index contributed by atoms with van der Waals surface area (Å²) >= 11 is 3.34. The van der Waals surface area contributed by atoms with Crippen molar-refractivity contribution in [3.8, 4) is 5.88 Å². The van der Waals surface area contributed by atoms with Gasteiger partial charge in [0.15, 0.2) is 5.69 Å². The Morgan fingerprint density at radius 2 is 1.91 bits per heavy atom. The molecular formula is C21H16BrN5O4S. The number of carbonyl (C=O) groups excluding carboxylic acids is 1. The van der Waals surface area contributed by atoms with Crippen molar-refractivity contribution in [3.05, 3.63) is 77.5 Å². The van der Waals surface area contributed by atoms with Gasteiger partial charge in [0.25, 0.3) is 15.9 Å². The number of sulfonamides is 1. The van der Waals surface area contributed by atoms with Gasteiger partial charge < -0.3 is 10.1 Å². The van der Waals surface area contributed by atoms with E-state index in [-0.39, 0.29) is 22.2 Å². The zero-order valence-electron chi connectivity index (χ0n) is 16.4. The van der Waals surface area contributed by atoms with Crippen LogP contribution in [0.1, 0.15) is 0 Å². The second-order valence-electron chi connectivity index (χ2n) is 6.64. The maximum Gasteiger partial charge on any atom is 0.285 e. The first-order valence-electron chi connectivity index (χ1n) is 9.29. The molecule has 11 heteroatoms. The van der Waals surface area contributed by atoms with Crippen LogP contribution in [0.5, 0.6) is 5.88 Å². The van der Waals surface area contributed by atoms with E-state index in [2.05, 4.69) is 36.1 Å². The van der Waals surface area contributed by atoms with Crippen molar-refractivity contribution in [2.45, 2.75) is 4.90 Å². The summed E-state index contributed by atoms with van der Waals surface area (Å²) in [6.07, 6.45) is 2.84. The van der Waals surface area contributed by atoms with Crippen molar-refractivity contribution in [2.24, 2.45) is 10.2 Å². The minimum atomic E-state index is -4.06. The van der Waals surface area contributed by atoms with Crippen molar-refractivity contribution in [1.29, 1.82) is 0 Å². The van der Waals surface area contributed by atoms with Crippen LogP contribution in [0.3, 0.4) is 0 Å². The lowest BCUT2D eigenvalue weighted by atomic mass is 10.2. The highest BCUT2D eigenvalue weighted by atomic mass is 79.9. The molecule has 0 aliphatic carbocycles. The maximum absolute atomic E-state index is 13.2. The van der Waals surface area contributed by atoms with E-state index in [9.17, 15) is 18.3 Å². The van der Waals surface area contributed by atoms with Gasteiger partial charge in [-0.25, -0.2) is 8.42 Å². The average molecular weight is 514 g/mol. The molecule has 0 saturated heterocycles. The summed E-state index contributed by atoms with van der Waals surface area (Å²) in [6.45, 7) is -0.598. The van der Waals surface area contributed by atoms with E-state index < -0.39 is 22.5 Å². The number of carbonyl (C=O) groups is 1. The van der Waals surface area contributed by atoms with E-state index in [4.69, 9.17) is 0 Å². The van der Waals surface area contributed by atoms with Crippen LogP contribution >= 0.6 is 15.9 Å². The number of rotatable bonds is 6. The molecule has 0 fully saturated rings. The Bertz CT molecular complexity index is 1410. The molecule has 32 heavy (non-hydrogen) atoms. The highest BCUT2D eigenvalue weighted by Crippen LogP contribution is 2.36. The van der Waals surface area contributed by atoms with E-state index in [1.807, 2.05) is 0 Å². The maximum atomic E-state index is 13.2. The third-order valence-corrected chi connectivity index (χ3v) is 6.80. The molecule has 0 atom stereocenters. The van der Waals surface area contributed by atoms with E-state index in [0.29, 0.717) is 10.9 Å². The van der Waals surface area contributed by atoms with Crippen molar-refractivity contribution < 1.29 is 18.3 Å². The van der Waals surface area contributed by atoms with Gasteiger partial charge in [-0.05, 0) is 42.5 Å². The summed E-state index contributed by atoms with van der Waals surface area (Å²) < 4.78 is 28.1. The highest BCUT2D eigenvalue weighted by molar-refractivity contribution is 9.10. The molecule has 0 aliphatic heterocycles. The largest absolute Gasteiger partial charge is 0.493 e. The van der Waals surface area contributed by atoms with Gasteiger partial charge in [-0.2, -0.15) is 0 Å². The fourth-order valence-corrected chi connectivity index (χ4v) is 4.82. The first kappa shape index (κ1) is 21.7. The molecule has 9 nitrogen and oxygen atoms in total. The van der Waals surface area contributed by atoms with Crippen LogP contribution in [0.25, 0.3) is 10.9 Å². The molecule has 2 heterocycles. The summed E-state index contributed by atoms with van der Waals surface area (Å²) in [5, 5.41) is 18.2. The van der Waals surface area contributed by atoms with E-state index >= 15 is 0 Å². The number of hydrogen-bond acceptors (Lipinski definition) is 6. The number of nitrogens with one attached hydrogen (secondary N) is 1. The molecule has 0 radical (unpaired) electrons. The number of anilines is 1. The SMILES string of the molecule is O=C(CN(c1cccnc1)S(=O)(=O)c1ccccc1)N=Nc1c(O)[nH]c2ccc(Br)cc12. The lowest BCUT2D eigenvalue weighted by Gasteiger charge is -2.22. The molecule has 1 amide bonds. The second-order valence-corrected chi connectivity index (χ2v) is 9.42. The van der Waals surface area contributed by atoms with Crippen LogP contribution in [0.15, 0.2) is 92.7 Å². The number of aromatic hydroxyl groups is 1. The molecule has 4 rings (SSSR count). The zero-order chi connectivity index (χ0) is 22.7. The summed E-state index contributed by atoms with van der Waals surface area (Å²) in [6, 6.07) is 16.1. The molecular weight excluding hydrogens is 498 g/mol. The number of azo groups is 1. The molecule has 2 aromatic heterocycles. The van der Waals surface area contributed by atoms with E-state index in [0.717, 1.165) is 8.78 Å². The van der Waals surface area contributed by atoms with Gasteiger partial charge in [0, 0.05) is 16.1 Å². The Labute approximate surface area is 191 Å². The predicted molar refractivity (Wildman–Crippen MR) is 122 cm³/mol. The average Bonchev–Trinajstić information content (AvgIpc) is 3.11. The number of aromatic amines is 1. The summed E-state index contributed by atoms with van der Waals surface area (Å²) in [7, 11) is -4.06. The summed E-state index contributed by atoms with van der Waals surface area (Å²) in [5.74, 6) is -1.08. The van der Waals surface area contributed by atoms with Crippen LogP contribution < -0.4 is 4.31 Å². The zero-order valence-corrected chi connectivity index (χ0v) is 18.8. The van der Waals surface area contributed by atoms with Crippen LogP contribution in [0.4, 0.5) is 11.4 Å². The molecule has 2 aromatic carbocycles. The Hall–Kier alpha value is -3.57. The molecule has 2 N–H and O–H groups in total. The molecule has 162 valence electrons. The van der Waals surface area contributed by atoms with Crippen molar-refractivity contribution in [1.82, 2.24) is 9.97 Å². The minimum absolute atomic E-state index is 0.0210. The third-order valence-electron chi connectivity index (χ3n) is 4.52. The Morgan fingerprint density at radius 3 is 2.62 bits per heavy atom. The molecule has 0 aliphatic rings. The number of fused-ring (bicyclic) bond motifs is 1. The number of amides is 1. The normalized spacial score (nSPS) is 11.8. The molecule has 4 aromatic rings. The fraction of sp³-hybridized carbons (Fsp3) is 0.0476. The van der Waals surface area contributed by atoms with Crippen LogP contribution in [0, 0.1) is 0 Å². The lowest BCUT2D eigenvalue weighted by molar-refractivity contribution is -0.116. The summed E-state index contributed by atoms with van der Waals surface area (Å²) in [5.41, 5.74) is 0.892. The molecule has 0 bridgehead atoms. The van der Waals surface area contributed by atoms with Crippen molar-refractivity contribution >= 4 is 54.1 Å². The fourth-order valence-electron chi connectivity index (χ4n) is 3.03. The van der Waals surface area contributed by atoms with Crippen molar-refractivity contribution in [2.75, 3.05) is 10.8 Å². The minimum Gasteiger partial charge on any atom is -0.493 e. The monoisotopic (exact) mass is 513 g/mol. The number of pyridine rings is 1. The summed E-state index contributed by atoms with van der Waals surface area (Å²) in [4.78, 5) is 19.3. The number of hydrogen-bond donors (Lipinski definition) is 2. The Morgan fingerprint density at radius 1 is 1.12 bits per heavy atom. The topological polar surface area (TPSA) is 128 Å². The van der Waals surface area contributed by atoms with Gasteiger partial charge in [0.2, 0.25) is 5.88 Å². The Balaban J connectivity index is 1.66. The molecule has 0 saturated carbocycles. The second kappa shape index (κ2) is 8.89. The number of nitrogens with zero attached hydrogens (tertiary/aromatic N) is 4. The number of H-pyrrole nitrogens is 1. The number of aromatic nitrogens is 2. The van der Waals surface area contributed by atoms with Gasteiger partial charge in [0.05, 0.1) is 22.3 Å². The van der Waals surface area contributed by atoms with Crippen LogP contribution in [0.2, 0.25) is 0 Å². The van der Waals surface area contributed by atoms with Crippen molar-refractivity contribution in [3.63, 3.8) is 0 Å². The van der Waals surface area contributed by atoms with Crippen LogP contribution in [-0.2, 0) is 14.8 Å². The third kappa shape index (κ3) is 4.39. The predicted octanol–water partition coefficient (Wildman–Crippen LogP) is 4.54. The smallest absolute Gasteiger partial charge is 0.285 e. The van der Waals surface area contributed by atoms with E-state index in [1.54, 1.807) is 42.5 Å². The first-order valence-corrected chi connectivity index (χ1v) is 11.5. The number of halogens is 1. The Kier molecular flexibility index (Phi) is 6.01. The van der Waals surface area contributed by atoms with Gasteiger partial charge >= 0.3 is 0 Å². The van der Waals surface area contributed by atoms with Gasteiger partial charge in [-0.15, -0.1) is 10.2 Å². The highest BCUT2D eigenvalue weighted by Gasteiger charge is 2.27. The molecule has 0 spiro atoms. The van der Waals surface area contributed by atoms with Gasteiger partial charge in [-0.3, -0.25) is 14.1 Å². The lowest BCUT2D eigenvalue weighted by Crippen LogP contribution is -2.35. The first-order chi connectivity index (χ1) is 15.4. The number of benzene rings is 2. The van der Waals surface area contributed by atoms with Gasteiger partial charge in [-0.1, -0.05) is 34.1 Å². The molecule has 0 unspecified atom stereocenters. The quantitative estimate of drug-likeness (QED) is 0.365. The van der Waals surface area contributed by atoms with E-state index in [1.165, 1.54) is 30.6 Å². The van der Waals surface area contributed by atoms with Gasteiger partial charge in [0.1, 0.15) is 6.54 Å². The standard InChI is InChI=1S/C21H16BrN5O4S/c22-14-8-9-18-17(11-14)20(21(29)24-18)26-25-19(28)13-27(15-5-4-10-23-12-15)32(30,31)16-6-2-1-3-7-16/h1-12,24,29H,13H2.